The lowest BCUT2D eigenvalue weighted by atomic mass is 9.69. The van der Waals surface area contributed by atoms with Crippen LogP contribution >= 0.6 is 0 Å². The monoisotopic (exact) mass is 270 g/mol. The summed E-state index contributed by atoms with van der Waals surface area (Å²) in [4.78, 5) is 0. The van der Waals surface area contributed by atoms with Crippen molar-refractivity contribution in [3.63, 3.8) is 0 Å². The summed E-state index contributed by atoms with van der Waals surface area (Å²) in [6.07, 6.45) is 5.35. The Bertz CT molecular complexity index is 462. The van der Waals surface area contributed by atoms with E-state index in [0.29, 0.717) is 11.5 Å². The first-order chi connectivity index (χ1) is 9.50. The Labute approximate surface area is 123 Å². The highest BCUT2D eigenvalue weighted by atomic mass is 14.9. The van der Waals surface area contributed by atoms with Crippen LogP contribution in [0.2, 0.25) is 0 Å². The van der Waals surface area contributed by atoms with Gasteiger partial charge in [-0.25, -0.2) is 0 Å². The Morgan fingerprint density at radius 2 is 1.80 bits per heavy atom. The van der Waals surface area contributed by atoms with Gasteiger partial charge in [-0.3, -0.25) is 0 Å². The van der Waals surface area contributed by atoms with Crippen LogP contribution in [0.25, 0.3) is 0 Å². The van der Waals surface area contributed by atoms with Gasteiger partial charge in [0.25, 0.3) is 0 Å². The van der Waals surface area contributed by atoms with E-state index in [-0.39, 0.29) is 0 Å². The summed E-state index contributed by atoms with van der Waals surface area (Å²) >= 11 is 0. The Hall–Kier alpha value is -1.33. The molecule has 1 aliphatic rings. The molecule has 0 saturated heterocycles. The van der Waals surface area contributed by atoms with Gasteiger partial charge in [-0.2, -0.15) is 5.26 Å². The fraction of sp³-hybridized carbons (Fsp3) is 0.611. The molecule has 1 fully saturated rings. The van der Waals surface area contributed by atoms with Crippen molar-refractivity contribution in [2.75, 3.05) is 0 Å². The van der Waals surface area contributed by atoms with Crippen LogP contribution in [-0.4, -0.2) is 6.04 Å². The van der Waals surface area contributed by atoms with Gasteiger partial charge in [0.1, 0.15) is 0 Å². The average Bonchev–Trinajstić information content (AvgIpc) is 2.45. The molecular formula is C18H26N2. The summed E-state index contributed by atoms with van der Waals surface area (Å²) < 4.78 is 0. The van der Waals surface area contributed by atoms with Crippen LogP contribution < -0.4 is 5.32 Å². The first-order valence-electron chi connectivity index (χ1n) is 7.73. The lowest BCUT2D eigenvalue weighted by Gasteiger charge is -2.41. The molecule has 2 rings (SSSR count). The Balaban J connectivity index is 1.95. The maximum Gasteiger partial charge on any atom is 0.0991 e. The summed E-state index contributed by atoms with van der Waals surface area (Å²) in [6.45, 7) is 7.99. The van der Waals surface area contributed by atoms with E-state index in [0.717, 1.165) is 18.0 Å². The number of benzene rings is 1. The summed E-state index contributed by atoms with van der Waals surface area (Å²) in [5.74, 6) is 0.759. The second kappa shape index (κ2) is 6.41. The van der Waals surface area contributed by atoms with Gasteiger partial charge in [0, 0.05) is 12.6 Å². The SMILES string of the molecule is CC(C)(C)C1CCCCC1NCc1ccc(C#N)cc1. The molecule has 0 bridgehead atoms. The van der Waals surface area contributed by atoms with Gasteiger partial charge in [-0.15, -0.1) is 0 Å². The van der Waals surface area contributed by atoms with Gasteiger partial charge < -0.3 is 5.32 Å². The predicted molar refractivity (Wildman–Crippen MR) is 83.2 cm³/mol. The van der Waals surface area contributed by atoms with Crippen LogP contribution in [0.15, 0.2) is 24.3 Å². The third-order valence-electron chi connectivity index (χ3n) is 4.53. The van der Waals surface area contributed by atoms with E-state index in [1.807, 2.05) is 12.1 Å². The van der Waals surface area contributed by atoms with Gasteiger partial charge in [0.05, 0.1) is 11.6 Å². The van der Waals surface area contributed by atoms with Crippen molar-refractivity contribution < 1.29 is 0 Å². The highest BCUT2D eigenvalue weighted by Gasteiger charge is 2.33. The highest BCUT2D eigenvalue weighted by Crippen LogP contribution is 2.38. The fourth-order valence-corrected chi connectivity index (χ4v) is 3.36. The third-order valence-corrected chi connectivity index (χ3v) is 4.53. The van der Waals surface area contributed by atoms with Crippen LogP contribution in [-0.2, 0) is 6.54 Å². The van der Waals surface area contributed by atoms with Gasteiger partial charge in [0.15, 0.2) is 0 Å². The van der Waals surface area contributed by atoms with Crippen molar-refractivity contribution in [1.29, 1.82) is 5.26 Å². The Morgan fingerprint density at radius 1 is 1.15 bits per heavy atom. The molecule has 0 radical (unpaired) electrons. The fourth-order valence-electron chi connectivity index (χ4n) is 3.36. The largest absolute Gasteiger partial charge is 0.310 e. The lowest BCUT2D eigenvalue weighted by molar-refractivity contribution is 0.130. The number of hydrogen-bond acceptors (Lipinski definition) is 2. The molecule has 0 spiro atoms. The molecule has 0 amide bonds. The molecule has 1 N–H and O–H groups in total. The zero-order valence-corrected chi connectivity index (χ0v) is 12.9. The van der Waals surface area contributed by atoms with E-state index in [1.165, 1.54) is 31.2 Å². The van der Waals surface area contributed by atoms with Crippen LogP contribution in [0, 0.1) is 22.7 Å². The standard InChI is InChI=1S/C18H26N2/c1-18(2,3)16-6-4-5-7-17(16)20-13-15-10-8-14(12-19)9-11-15/h8-11,16-17,20H,4-7,13H2,1-3H3. The minimum absolute atomic E-state index is 0.378. The van der Waals surface area contributed by atoms with Crippen LogP contribution in [0.3, 0.4) is 0 Å². The van der Waals surface area contributed by atoms with Gasteiger partial charge in [-0.05, 0) is 41.9 Å². The molecule has 2 heteroatoms. The van der Waals surface area contributed by atoms with E-state index in [4.69, 9.17) is 5.26 Å². The van der Waals surface area contributed by atoms with Gasteiger partial charge in [-0.1, -0.05) is 45.7 Å². The number of hydrogen-bond donors (Lipinski definition) is 1. The quantitative estimate of drug-likeness (QED) is 0.891. The zero-order chi connectivity index (χ0) is 14.6. The Kier molecular flexibility index (Phi) is 4.83. The molecule has 0 aliphatic heterocycles. The molecule has 1 saturated carbocycles. The molecule has 108 valence electrons. The van der Waals surface area contributed by atoms with Crippen molar-refractivity contribution in [3.05, 3.63) is 35.4 Å². The molecule has 1 aromatic rings. The molecule has 1 aliphatic carbocycles. The number of nitrogens with zero attached hydrogens (tertiary/aromatic N) is 1. The molecule has 2 unspecified atom stereocenters. The molecule has 1 aromatic carbocycles. The third kappa shape index (κ3) is 3.84. The van der Waals surface area contributed by atoms with Crippen LogP contribution in [0.5, 0.6) is 0 Å². The van der Waals surface area contributed by atoms with Crippen LogP contribution in [0.4, 0.5) is 0 Å². The van der Waals surface area contributed by atoms with Gasteiger partial charge in [0.2, 0.25) is 0 Å². The van der Waals surface area contributed by atoms with E-state index >= 15 is 0 Å². The first kappa shape index (κ1) is 15.1. The minimum Gasteiger partial charge on any atom is -0.310 e. The van der Waals surface area contributed by atoms with E-state index in [2.05, 4.69) is 44.3 Å². The predicted octanol–water partition coefficient (Wildman–Crippen LogP) is 4.25. The van der Waals surface area contributed by atoms with Crippen LogP contribution in [0.1, 0.15) is 57.6 Å². The molecule has 0 heterocycles. The van der Waals surface area contributed by atoms with Crippen molar-refractivity contribution in [2.24, 2.45) is 11.3 Å². The van der Waals surface area contributed by atoms with E-state index < -0.39 is 0 Å². The normalized spacial score (nSPS) is 23.3. The molecule has 0 aromatic heterocycles. The first-order valence-corrected chi connectivity index (χ1v) is 7.73. The van der Waals surface area contributed by atoms with Crippen molar-refractivity contribution in [2.45, 2.75) is 59.0 Å². The zero-order valence-electron chi connectivity index (χ0n) is 12.9. The van der Waals surface area contributed by atoms with Crippen molar-refractivity contribution in [3.8, 4) is 6.07 Å². The molecular weight excluding hydrogens is 244 g/mol. The lowest BCUT2D eigenvalue weighted by Crippen LogP contribution is -2.43. The highest BCUT2D eigenvalue weighted by molar-refractivity contribution is 5.31. The molecule has 2 atom stereocenters. The Morgan fingerprint density at radius 3 is 2.40 bits per heavy atom. The van der Waals surface area contributed by atoms with Crippen molar-refractivity contribution in [1.82, 2.24) is 5.32 Å². The molecule has 20 heavy (non-hydrogen) atoms. The summed E-state index contributed by atoms with van der Waals surface area (Å²) in [5.41, 5.74) is 2.38. The maximum atomic E-state index is 8.82. The van der Waals surface area contributed by atoms with Crippen molar-refractivity contribution >= 4 is 0 Å². The average molecular weight is 270 g/mol. The number of nitrogens with one attached hydrogen (secondary N) is 1. The topological polar surface area (TPSA) is 35.8 Å². The van der Waals surface area contributed by atoms with E-state index in [9.17, 15) is 0 Å². The van der Waals surface area contributed by atoms with E-state index in [1.54, 1.807) is 0 Å². The summed E-state index contributed by atoms with van der Waals surface area (Å²) in [5, 5.41) is 12.6. The maximum absolute atomic E-state index is 8.82. The second-order valence-electron chi connectivity index (χ2n) is 7.05. The summed E-state index contributed by atoms with van der Waals surface area (Å²) in [6, 6.07) is 10.7. The number of nitriles is 1. The smallest absolute Gasteiger partial charge is 0.0991 e. The second-order valence-corrected chi connectivity index (χ2v) is 7.05. The number of rotatable bonds is 3. The minimum atomic E-state index is 0.378. The van der Waals surface area contributed by atoms with Gasteiger partial charge >= 0.3 is 0 Å². The molecule has 2 nitrogen and oxygen atoms in total. The summed E-state index contributed by atoms with van der Waals surface area (Å²) in [7, 11) is 0.